The quantitative estimate of drug-likeness (QED) is 0.503. The summed E-state index contributed by atoms with van der Waals surface area (Å²) in [4.78, 5) is 2.16. The zero-order valence-corrected chi connectivity index (χ0v) is 16.7. The number of aryl methyl sites for hydroxylation is 2. The van der Waals surface area contributed by atoms with Crippen LogP contribution in [0.3, 0.4) is 0 Å². The largest absolute Gasteiger partial charge is 0.507 e. The zero-order valence-electron chi connectivity index (χ0n) is 15.8. The van der Waals surface area contributed by atoms with Crippen molar-refractivity contribution in [2.45, 2.75) is 27.7 Å². The Kier molecular flexibility index (Phi) is 5.41. The lowest BCUT2D eigenvalue weighted by Gasteiger charge is -2.21. The highest BCUT2D eigenvalue weighted by molar-refractivity contribution is 7.71. The van der Waals surface area contributed by atoms with Gasteiger partial charge in [0.05, 0.1) is 11.9 Å². The summed E-state index contributed by atoms with van der Waals surface area (Å²) in [6, 6.07) is 7.48. The molecule has 0 saturated heterocycles. The third-order valence-electron chi connectivity index (χ3n) is 4.29. The molecule has 2 N–H and O–H groups in total. The summed E-state index contributed by atoms with van der Waals surface area (Å²) in [5.74, 6) is 0.618. The number of rotatable bonds is 6. The van der Waals surface area contributed by atoms with E-state index in [9.17, 15) is 5.11 Å². The van der Waals surface area contributed by atoms with Gasteiger partial charge in [-0.25, -0.2) is 9.78 Å². The SMILES string of the molecule is CCN(CC)c1ccc(/C=N/n2c(-n3nc(C)cc3C)n[nH]c2=S)c(O)c1. The first-order chi connectivity index (χ1) is 12.9. The van der Waals surface area contributed by atoms with E-state index in [1.165, 1.54) is 4.68 Å². The first kappa shape index (κ1) is 18.8. The number of hydrogen-bond acceptors (Lipinski definition) is 6. The Morgan fingerprint density at radius 1 is 1.26 bits per heavy atom. The average Bonchev–Trinajstić information content (AvgIpc) is 3.16. The number of benzene rings is 1. The molecule has 0 bridgehead atoms. The molecule has 0 radical (unpaired) electrons. The van der Waals surface area contributed by atoms with E-state index in [2.05, 4.69) is 39.1 Å². The third kappa shape index (κ3) is 3.77. The smallest absolute Gasteiger partial charge is 0.271 e. The van der Waals surface area contributed by atoms with Crippen LogP contribution in [0.5, 0.6) is 5.75 Å². The number of nitrogens with one attached hydrogen (secondary N) is 1. The Morgan fingerprint density at radius 3 is 2.59 bits per heavy atom. The molecule has 0 saturated carbocycles. The molecule has 27 heavy (non-hydrogen) atoms. The molecule has 3 aromatic rings. The van der Waals surface area contributed by atoms with E-state index in [0.717, 1.165) is 30.2 Å². The predicted octanol–water partition coefficient (Wildman–Crippen LogP) is 3.18. The van der Waals surface area contributed by atoms with Crippen molar-refractivity contribution in [2.75, 3.05) is 18.0 Å². The molecule has 9 heteroatoms. The maximum absolute atomic E-state index is 10.4. The Morgan fingerprint density at radius 2 is 2.00 bits per heavy atom. The van der Waals surface area contributed by atoms with Crippen LogP contribution in [0, 0.1) is 18.6 Å². The van der Waals surface area contributed by atoms with Crippen molar-refractivity contribution >= 4 is 24.1 Å². The van der Waals surface area contributed by atoms with E-state index < -0.39 is 0 Å². The number of aromatic hydroxyl groups is 1. The molecule has 0 spiro atoms. The molecule has 0 unspecified atom stereocenters. The molecule has 8 nitrogen and oxygen atoms in total. The second-order valence-electron chi connectivity index (χ2n) is 6.14. The van der Waals surface area contributed by atoms with Crippen LogP contribution in [0.1, 0.15) is 30.8 Å². The fourth-order valence-corrected chi connectivity index (χ4v) is 3.08. The zero-order chi connectivity index (χ0) is 19.6. The van der Waals surface area contributed by atoms with E-state index in [1.54, 1.807) is 17.0 Å². The summed E-state index contributed by atoms with van der Waals surface area (Å²) in [5.41, 5.74) is 3.36. The normalized spacial score (nSPS) is 11.4. The third-order valence-corrected chi connectivity index (χ3v) is 4.55. The minimum absolute atomic E-state index is 0.158. The summed E-state index contributed by atoms with van der Waals surface area (Å²) in [6.07, 6.45) is 1.56. The van der Waals surface area contributed by atoms with Gasteiger partial charge in [0.25, 0.3) is 5.95 Å². The fourth-order valence-electron chi connectivity index (χ4n) is 2.90. The van der Waals surface area contributed by atoms with Gasteiger partial charge in [-0.1, -0.05) is 0 Å². The molecule has 1 aromatic carbocycles. The molecule has 0 aliphatic heterocycles. The summed E-state index contributed by atoms with van der Waals surface area (Å²) in [7, 11) is 0. The molecule has 0 amide bonds. The van der Waals surface area contributed by atoms with Gasteiger partial charge in [-0.15, -0.1) is 5.10 Å². The van der Waals surface area contributed by atoms with E-state index in [1.807, 2.05) is 32.0 Å². The van der Waals surface area contributed by atoms with Crippen molar-refractivity contribution in [1.82, 2.24) is 24.7 Å². The highest BCUT2D eigenvalue weighted by Gasteiger charge is 2.12. The Balaban J connectivity index is 1.95. The van der Waals surface area contributed by atoms with Gasteiger partial charge in [0, 0.05) is 36.1 Å². The number of aromatic nitrogens is 5. The van der Waals surface area contributed by atoms with Gasteiger partial charge in [0.15, 0.2) is 0 Å². The van der Waals surface area contributed by atoms with Gasteiger partial charge in [-0.3, -0.25) is 0 Å². The number of phenolic OH excluding ortho intramolecular Hbond substituents is 1. The Labute approximate surface area is 162 Å². The number of aromatic amines is 1. The molecule has 3 rings (SSSR count). The molecular weight excluding hydrogens is 362 g/mol. The monoisotopic (exact) mass is 385 g/mol. The number of hydrogen-bond donors (Lipinski definition) is 2. The highest BCUT2D eigenvalue weighted by Crippen LogP contribution is 2.23. The van der Waals surface area contributed by atoms with Gasteiger partial charge in [0.1, 0.15) is 5.75 Å². The predicted molar refractivity (Wildman–Crippen MR) is 109 cm³/mol. The summed E-state index contributed by atoms with van der Waals surface area (Å²) >= 11 is 5.28. The lowest BCUT2D eigenvalue weighted by atomic mass is 10.2. The van der Waals surface area contributed by atoms with Gasteiger partial charge in [-0.2, -0.15) is 14.9 Å². The number of phenols is 1. The van der Waals surface area contributed by atoms with Crippen molar-refractivity contribution in [1.29, 1.82) is 0 Å². The molecule has 0 fully saturated rings. The highest BCUT2D eigenvalue weighted by atomic mass is 32.1. The van der Waals surface area contributed by atoms with Crippen molar-refractivity contribution < 1.29 is 5.11 Å². The standard InChI is InChI=1S/C18H23N7OS/c1-5-23(6-2)15-8-7-14(16(26)10-15)11-19-25-17(20-21-18(25)27)24-13(4)9-12(3)22-24/h7-11,26H,5-6H2,1-4H3,(H,21,27)/b19-11+. The van der Waals surface area contributed by atoms with Crippen molar-refractivity contribution in [3.05, 3.63) is 46.0 Å². The number of nitrogens with zero attached hydrogens (tertiary/aromatic N) is 6. The van der Waals surface area contributed by atoms with Crippen LogP contribution >= 0.6 is 12.2 Å². The van der Waals surface area contributed by atoms with Crippen LogP contribution in [-0.2, 0) is 0 Å². The van der Waals surface area contributed by atoms with Crippen LogP contribution in [0.4, 0.5) is 5.69 Å². The lowest BCUT2D eigenvalue weighted by molar-refractivity contribution is 0.474. The summed E-state index contributed by atoms with van der Waals surface area (Å²) in [5, 5.41) is 26.1. The van der Waals surface area contributed by atoms with Gasteiger partial charge in [0.2, 0.25) is 4.77 Å². The second-order valence-corrected chi connectivity index (χ2v) is 6.53. The van der Waals surface area contributed by atoms with Crippen molar-refractivity contribution in [2.24, 2.45) is 5.10 Å². The topological polar surface area (TPSA) is 87.3 Å². The van der Waals surface area contributed by atoms with Crippen molar-refractivity contribution in [3.8, 4) is 11.7 Å². The maximum atomic E-state index is 10.4. The molecule has 142 valence electrons. The van der Waals surface area contributed by atoms with Crippen LogP contribution in [-0.4, -0.2) is 49.1 Å². The molecule has 0 atom stereocenters. The lowest BCUT2D eigenvalue weighted by Crippen LogP contribution is -2.21. The molecule has 2 heterocycles. The van der Waals surface area contributed by atoms with Crippen LogP contribution in [0.2, 0.25) is 0 Å². The molecule has 2 aromatic heterocycles. The van der Waals surface area contributed by atoms with Crippen LogP contribution in [0.15, 0.2) is 29.4 Å². The Hall–Kier alpha value is -2.94. The number of H-pyrrole nitrogens is 1. The van der Waals surface area contributed by atoms with E-state index in [4.69, 9.17) is 12.2 Å². The van der Waals surface area contributed by atoms with E-state index in [-0.39, 0.29) is 5.75 Å². The van der Waals surface area contributed by atoms with Gasteiger partial charge < -0.3 is 10.0 Å². The van der Waals surface area contributed by atoms with Crippen LogP contribution < -0.4 is 4.90 Å². The molecule has 0 aliphatic carbocycles. The van der Waals surface area contributed by atoms with Gasteiger partial charge in [-0.05, 0) is 58.1 Å². The fraction of sp³-hybridized carbons (Fsp3) is 0.333. The summed E-state index contributed by atoms with van der Waals surface area (Å²) < 4.78 is 3.49. The Bertz CT molecular complexity index is 1030. The maximum Gasteiger partial charge on any atom is 0.271 e. The number of anilines is 1. The van der Waals surface area contributed by atoms with E-state index in [0.29, 0.717) is 16.3 Å². The first-order valence-corrected chi connectivity index (χ1v) is 9.18. The molecular formula is C18H23N7OS. The molecule has 0 aliphatic rings. The van der Waals surface area contributed by atoms with E-state index >= 15 is 0 Å². The first-order valence-electron chi connectivity index (χ1n) is 8.78. The second kappa shape index (κ2) is 7.75. The van der Waals surface area contributed by atoms with Gasteiger partial charge >= 0.3 is 0 Å². The van der Waals surface area contributed by atoms with Crippen LogP contribution in [0.25, 0.3) is 5.95 Å². The van der Waals surface area contributed by atoms with Crippen molar-refractivity contribution in [3.63, 3.8) is 0 Å². The summed E-state index contributed by atoms with van der Waals surface area (Å²) in [6.45, 7) is 9.75. The minimum Gasteiger partial charge on any atom is -0.507 e. The minimum atomic E-state index is 0.158. The average molecular weight is 385 g/mol.